The molecule has 7 heteroatoms. The standard InChI is InChI=1S/C12H18N2O4S/c1-9(12(15)13-2)14(19(4,16)17)10-5-7-11(18-3)8-6-10/h5-9H,1-4H3,(H,13,15)/t9-/m0/s1. The quantitative estimate of drug-likeness (QED) is 0.860. The van der Waals surface area contributed by atoms with E-state index in [0.29, 0.717) is 11.4 Å². The summed E-state index contributed by atoms with van der Waals surface area (Å²) >= 11 is 0. The van der Waals surface area contributed by atoms with Crippen molar-refractivity contribution in [3.63, 3.8) is 0 Å². The maximum absolute atomic E-state index is 11.9. The van der Waals surface area contributed by atoms with Crippen LogP contribution in [0.1, 0.15) is 6.92 Å². The fraction of sp³-hybridized carbons (Fsp3) is 0.417. The number of likely N-dealkylation sites (N-methyl/N-ethyl adjacent to an activating group) is 1. The molecule has 0 saturated heterocycles. The van der Waals surface area contributed by atoms with Gasteiger partial charge in [-0.05, 0) is 31.2 Å². The molecule has 0 aromatic heterocycles. The third-order valence-corrected chi connectivity index (χ3v) is 3.90. The zero-order valence-electron chi connectivity index (χ0n) is 11.4. The Balaban J connectivity index is 3.21. The van der Waals surface area contributed by atoms with Crippen LogP contribution in [0, 0.1) is 0 Å². The van der Waals surface area contributed by atoms with Gasteiger partial charge in [-0.1, -0.05) is 0 Å². The molecule has 1 amide bonds. The molecule has 0 aliphatic carbocycles. The van der Waals surface area contributed by atoms with Crippen molar-refractivity contribution in [2.45, 2.75) is 13.0 Å². The molecule has 106 valence electrons. The number of nitrogens with zero attached hydrogens (tertiary/aromatic N) is 1. The van der Waals surface area contributed by atoms with Gasteiger partial charge in [-0.3, -0.25) is 9.10 Å². The van der Waals surface area contributed by atoms with E-state index in [2.05, 4.69) is 5.32 Å². The van der Waals surface area contributed by atoms with E-state index >= 15 is 0 Å². The summed E-state index contributed by atoms with van der Waals surface area (Å²) < 4.78 is 29.8. The molecule has 6 nitrogen and oxygen atoms in total. The summed E-state index contributed by atoms with van der Waals surface area (Å²) in [7, 11) is -0.570. The predicted octanol–water partition coefficient (Wildman–Crippen LogP) is 0.596. The summed E-state index contributed by atoms with van der Waals surface area (Å²) in [6.45, 7) is 1.53. The van der Waals surface area contributed by atoms with Crippen molar-refractivity contribution in [3.8, 4) is 5.75 Å². The number of hydrogen-bond donors (Lipinski definition) is 1. The van der Waals surface area contributed by atoms with Crippen LogP contribution in [0.15, 0.2) is 24.3 Å². The molecule has 0 radical (unpaired) electrons. The van der Waals surface area contributed by atoms with E-state index in [-0.39, 0.29) is 5.91 Å². The number of sulfonamides is 1. The van der Waals surface area contributed by atoms with Crippen molar-refractivity contribution in [2.75, 3.05) is 24.7 Å². The van der Waals surface area contributed by atoms with Gasteiger partial charge in [0.1, 0.15) is 11.8 Å². The minimum atomic E-state index is -3.56. The Kier molecular flexibility index (Phi) is 4.77. The molecule has 1 aromatic carbocycles. The van der Waals surface area contributed by atoms with Crippen LogP contribution < -0.4 is 14.4 Å². The van der Waals surface area contributed by atoms with Crippen LogP contribution in [0.3, 0.4) is 0 Å². The summed E-state index contributed by atoms with van der Waals surface area (Å²) in [5, 5.41) is 2.44. The third kappa shape index (κ3) is 3.60. The predicted molar refractivity (Wildman–Crippen MR) is 73.8 cm³/mol. The van der Waals surface area contributed by atoms with Gasteiger partial charge in [0.05, 0.1) is 19.1 Å². The molecule has 19 heavy (non-hydrogen) atoms. The van der Waals surface area contributed by atoms with Gasteiger partial charge in [-0.25, -0.2) is 8.42 Å². The summed E-state index contributed by atoms with van der Waals surface area (Å²) in [5.74, 6) is 0.242. The molecule has 1 rings (SSSR count). The molecule has 0 saturated carbocycles. The minimum absolute atomic E-state index is 0.374. The molecule has 1 atom stereocenters. The number of carbonyl (C=O) groups excluding carboxylic acids is 1. The monoisotopic (exact) mass is 286 g/mol. The lowest BCUT2D eigenvalue weighted by Gasteiger charge is -2.27. The first kappa shape index (κ1) is 15.3. The lowest BCUT2D eigenvalue weighted by Crippen LogP contribution is -2.46. The van der Waals surface area contributed by atoms with Crippen LogP contribution in [0.4, 0.5) is 5.69 Å². The highest BCUT2D eigenvalue weighted by Gasteiger charge is 2.28. The fourth-order valence-electron chi connectivity index (χ4n) is 1.75. The zero-order valence-corrected chi connectivity index (χ0v) is 12.2. The second-order valence-electron chi connectivity index (χ2n) is 4.05. The van der Waals surface area contributed by atoms with E-state index in [1.54, 1.807) is 24.3 Å². The van der Waals surface area contributed by atoms with Crippen LogP contribution in [0.2, 0.25) is 0 Å². The van der Waals surface area contributed by atoms with Gasteiger partial charge >= 0.3 is 0 Å². The maximum Gasteiger partial charge on any atom is 0.243 e. The number of ether oxygens (including phenoxy) is 1. The van der Waals surface area contributed by atoms with Crippen molar-refractivity contribution in [3.05, 3.63) is 24.3 Å². The average molecular weight is 286 g/mol. The highest BCUT2D eigenvalue weighted by molar-refractivity contribution is 7.92. The van der Waals surface area contributed by atoms with Crippen molar-refractivity contribution >= 4 is 21.6 Å². The normalized spacial score (nSPS) is 12.6. The van der Waals surface area contributed by atoms with Crippen LogP contribution in [0.5, 0.6) is 5.75 Å². The summed E-state index contributed by atoms with van der Waals surface area (Å²) in [6, 6.07) is 5.65. The first-order chi connectivity index (χ1) is 8.81. The third-order valence-electron chi connectivity index (χ3n) is 2.66. The van der Waals surface area contributed by atoms with Gasteiger partial charge in [0.15, 0.2) is 0 Å². The van der Waals surface area contributed by atoms with E-state index in [1.165, 1.54) is 21.1 Å². The Bertz CT molecular complexity index is 539. The van der Waals surface area contributed by atoms with Crippen LogP contribution >= 0.6 is 0 Å². The first-order valence-corrected chi connectivity index (χ1v) is 7.51. The molecule has 0 spiro atoms. The lowest BCUT2D eigenvalue weighted by atomic mass is 10.2. The number of carbonyl (C=O) groups is 1. The van der Waals surface area contributed by atoms with Gasteiger partial charge in [0.25, 0.3) is 0 Å². The second kappa shape index (κ2) is 5.92. The summed E-state index contributed by atoms with van der Waals surface area (Å²) in [6.07, 6.45) is 1.07. The van der Waals surface area contributed by atoms with Crippen LogP contribution in [0.25, 0.3) is 0 Å². The zero-order chi connectivity index (χ0) is 14.6. The Morgan fingerprint density at radius 3 is 2.21 bits per heavy atom. The van der Waals surface area contributed by atoms with E-state index < -0.39 is 16.1 Å². The SMILES string of the molecule is CNC(=O)[C@H](C)N(c1ccc(OC)cc1)S(C)(=O)=O. The number of anilines is 1. The van der Waals surface area contributed by atoms with Crippen molar-refractivity contribution in [1.82, 2.24) is 5.32 Å². The first-order valence-electron chi connectivity index (χ1n) is 5.66. The van der Waals surface area contributed by atoms with E-state index in [0.717, 1.165) is 10.6 Å². The Labute approximate surface area is 113 Å². The molecular weight excluding hydrogens is 268 g/mol. The molecule has 0 unspecified atom stereocenters. The number of hydrogen-bond acceptors (Lipinski definition) is 4. The molecule has 1 aromatic rings. The van der Waals surface area contributed by atoms with E-state index in [9.17, 15) is 13.2 Å². The molecule has 0 heterocycles. The van der Waals surface area contributed by atoms with Gasteiger partial charge in [-0.2, -0.15) is 0 Å². The maximum atomic E-state index is 11.9. The van der Waals surface area contributed by atoms with Crippen LogP contribution in [-0.2, 0) is 14.8 Å². The lowest BCUT2D eigenvalue weighted by molar-refractivity contribution is -0.121. The smallest absolute Gasteiger partial charge is 0.243 e. The van der Waals surface area contributed by atoms with E-state index in [4.69, 9.17) is 4.74 Å². The van der Waals surface area contributed by atoms with Crippen LogP contribution in [-0.4, -0.2) is 40.8 Å². The number of rotatable bonds is 5. The minimum Gasteiger partial charge on any atom is -0.497 e. The highest BCUT2D eigenvalue weighted by Crippen LogP contribution is 2.23. The Morgan fingerprint density at radius 2 is 1.84 bits per heavy atom. The molecule has 0 aliphatic rings. The van der Waals surface area contributed by atoms with Gasteiger partial charge in [-0.15, -0.1) is 0 Å². The number of amides is 1. The molecule has 0 bridgehead atoms. The number of methoxy groups -OCH3 is 1. The summed E-state index contributed by atoms with van der Waals surface area (Å²) in [5.41, 5.74) is 0.416. The molecule has 1 N–H and O–H groups in total. The topological polar surface area (TPSA) is 75.7 Å². The summed E-state index contributed by atoms with van der Waals surface area (Å²) in [4.78, 5) is 11.7. The van der Waals surface area contributed by atoms with E-state index in [1.807, 2.05) is 0 Å². The van der Waals surface area contributed by atoms with Crippen molar-refractivity contribution < 1.29 is 17.9 Å². The highest BCUT2D eigenvalue weighted by atomic mass is 32.2. The fourth-order valence-corrected chi connectivity index (χ4v) is 2.92. The van der Waals surface area contributed by atoms with Gasteiger partial charge < -0.3 is 10.1 Å². The van der Waals surface area contributed by atoms with Crippen molar-refractivity contribution in [2.24, 2.45) is 0 Å². The average Bonchev–Trinajstić information content (AvgIpc) is 2.37. The largest absolute Gasteiger partial charge is 0.497 e. The Hall–Kier alpha value is -1.76. The number of benzene rings is 1. The van der Waals surface area contributed by atoms with Gasteiger partial charge in [0, 0.05) is 7.05 Å². The molecule has 0 aliphatic heterocycles. The van der Waals surface area contributed by atoms with Crippen molar-refractivity contribution in [1.29, 1.82) is 0 Å². The Morgan fingerprint density at radius 1 is 1.32 bits per heavy atom. The molecule has 0 fully saturated rings. The van der Waals surface area contributed by atoms with Gasteiger partial charge in [0.2, 0.25) is 15.9 Å². The second-order valence-corrected chi connectivity index (χ2v) is 5.91. The number of nitrogens with one attached hydrogen (secondary N) is 1. The molecular formula is C12H18N2O4S.